The molecular formula is C12H21FO10. The lowest BCUT2D eigenvalue weighted by molar-refractivity contribution is -0.348. The Balaban J connectivity index is 2.11. The largest absolute Gasteiger partial charge is 0.394 e. The van der Waals surface area contributed by atoms with E-state index in [0.29, 0.717) is 0 Å². The second kappa shape index (κ2) is 7.61. The van der Waals surface area contributed by atoms with Crippen LogP contribution in [0.1, 0.15) is 0 Å². The first-order chi connectivity index (χ1) is 10.8. The Bertz CT molecular complexity index is 383. The summed E-state index contributed by atoms with van der Waals surface area (Å²) in [6.07, 6.45) is -17.0. The predicted molar refractivity (Wildman–Crippen MR) is 67.5 cm³/mol. The van der Waals surface area contributed by atoms with Crippen LogP contribution < -0.4 is 0 Å². The summed E-state index contributed by atoms with van der Waals surface area (Å²) in [4.78, 5) is 0. The summed E-state index contributed by atoms with van der Waals surface area (Å²) >= 11 is 0. The lowest BCUT2D eigenvalue weighted by Crippen LogP contribution is -2.63. The van der Waals surface area contributed by atoms with Crippen molar-refractivity contribution < 1.29 is 54.3 Å². The van der Waals surface area contributed by atoms with E-state index in [-0.39, 0.29) is 0 Å². The maximum absolute atomic E-state index is 14.1. The molecule has 0 spiro atoms. The molecule has 1 unspecified atom stereocenters. The van der Waals surface area contributed by atoms with Crippen LogP contribution >= 0.6 is 0 Å². The Morgan fingerprint density at radius 3 is 1.96 bits per heavy atom. The van der Waals surface area contributed by atoms with Crippen LogP contribution in [0.25, 0.3) is 0 Å². The Morgan fingerprint density at radius 2 is 1.39 bits per heavy atom. The van der Waals surface area contributed by atoms with Crippen LogP contribution in [0.15, 0.2) is 0 Å². The van der Waals surface area contributed by atoms with Gasteiger partial charge in [0.1, 0.15) is 42.7 Å². The Kier molecular flexibility index (Phi) is 6.24. The van der Waals surface area contributed by atoms with Gasteiger partial charge in [-0.2, -0.15) is 0 Å². The summed E-state index contributed by atoms with van der Waals surface area (Å²) in [5.41, 5.74) is 0. The van der Waals surface area contributed by atoms with Crippen molar-refractivity contribution in [2.45, 2.75) is 61.5 Å². The standard InChI is InChI=1S/C12H21FO10/c13-5-7(17)6(16)3(1-14)22-12(5)23-10-4(2-15)21-11(20)9(19)8(10)18/h3-12,14-20H,1-2H2/t3-,4-,5-,6+,7-,8-,9-,10-,11?,12+/m1/s1. The van der Waals surface area contributed by atoms with Crippen LogP contribution in [-0.2, 0) is 14.2 Å². The summed E-state index contributed by atoms with van der Waals surface area (Å²) in [5.74, 6) is 0. The maximum atomic E-state index is 14.1. The summed E-state index contributed by atoms with van der Waals surface area (Å²) < 4.78 is 29.0. The van der Waals surface area contributed by atoms with E-state index in [1.54, 1.807) is 0 Å². The summed E-state index contributed by atoms with van der Waals surface area (Å²) in [5, 5.41) is 66.2. The minimum atomic E-state index is -2.22. The first-order valence-corrected chi connectivity index (χ1v) is 7.04. The van der Waals surface area contributed by atoms with E-state index in [1.165, 1.54) is 0 Å². The van der Waals surface area contributed by atoms with E-state index in [2.05, 4.69) is 0 Å². The lowest BCUT2D eigenvalue weighted by atomic mass is 9.97. The van der Waals surface area contributed by atoms with Crippen molar-refractivity contribution in [2.75, 3.05) is 13.2 Å². The number of halogens is 1. The monoisotopic (exact) mass is 344 g/mol. The van der Waals surface area contributed by atoms with Crippen molar-refractivity contribution >= 4 is 0 Å². The van der Waals surface area contributed by atoms with E-state index in [4.69, 9.17) is 19.3 Å². The molecule has 0 aromatic carbocycles. The molecule has 10 atom stereocenters. The van der Waals surface area contributed by atoms with Gasteiger partial charge in [-0.1, -0.05) is 0 Å². The molecule has 2 rings (SSSR count). The summed E-state index contributed by atoms with van der Waals surface area (Å²) in [6, 6.07) is 0. The van der Waals surface area contributed by atoms with Gasteiger partial charge >= 0.3 is 0 Å². The number of aliphatic hydroxyl groups excluding tert-OH is 7. The molecule has 2 aliphatic rings. The fourth-order valence-electron chi connectivity index (χ4n) is 2.55. The Morgan fingerprint density at radius 1 is 0.783 bits per heavy atom. The molecule has 2 saturated heterocycles. The van der Waals surface area contributed by atoms with Crippen LogP contribution in [0.4, 0.5) is 4.39 Å². The van der Waals surface area contributed by atoms with Gasteiger partial charge in [-0.3, -0.25) is 0 Å². The molecule has 2 fully saturated rings. The second-order valence-electron chi connectivity index (χ2n) is 5.48. The fourth-order valence-corrected chi connectivity index (χ4v) is 2.55. The van der Waals surface area contributed by atoms with Gasteiger partial charge in [-0.25, -0.2) is 4.39 Å². The highest BCUT2D eigenvalue weighted by atomic mass is 19.1. The molecule has 7 N–H and O–H groups in total. The Labute approximate surface area is 130 Å². The van der Waals surface area contributed by atoms with E-state index in [9.17, 15) is 35.0 Å². The molecule has 2 aliphatic heterocycles. The third kappa shape index (κ3) is 3.64. The highest BCUT2D eigenvalue weighted by Crippen LogP contribution is 2.29. The van der Waals surface area contributed by atoms with Gasteiger partial charge in [-0.15, -0.1) is 0 Å². The first kappa shape index (κ1) is 18.9. The second-order valence-corrected chi connectivity index (χ2v) is 5.48. The number of hydrogen-bond donors (Lipinski definition) is 7. The fraction of sp³-hybridized carbons (Fsp3) is 1.00. The highest BCUT2D eigenvalue weighted by molar-refractivity contribution is 4.93. The van der Waals surface area contributed by atoms with E-state index in [0.717, 1.165) is 0 Å². The third-order valence-electron chi connectivity index (χ3n) is 3.94. The first-order valence-electron chi connectivity index (χ1n) is 7.04. The molecule has 23 heavy (non-hydrogen) atoms. The van der Waals surface area contributed by atoms with Gasteiger partial charge in [0.05, 0.1) is 13.2 Å². The normalized spacial score (nSPS) is 51.7. The van der Waals surface area contributed by atoms with Gasteiger partial charge in [-0.05, 0) is 0 Å². The van der Waals surface area contributed by atoms with Crippen molar-refractivity contribution in [3.8, 4) is 0 Å². The van der Waals surface area contributed by atoms with Gasteiger partial charge in [0.2, 0.25) is 0 Å². The van der Waals surface area contributed by atoms with Gasteiger partial charge in [0, 0.05) is 0 Å². The van der Waals surface area contributed by atoms with Crippen LogP contribution in [0.5, 0.6) is 0 Å². The predicted octanol–water partition coefficient (Wildman–Crippen LogP) is -4.42. The number of alkyl halides is 1. The van der Waals surface area contributed by atoms with Crippen LogP contribution in [0, 0.1) is 0 Å². The molecule has 136 valence electrons. The van der Waals surface area contributed by atoms with E-state index < -0.39 is 74.7 Å². The lowest BCUT2D eigenvalue weighted by Gasteiger charge is -2.44. The molecule has 11 heteroatoms. The average molecular weight is 344 g/mol. The number of rotatable bonds is 4. The summed E-state index contributed by atoms with van der Waals surface area (Å²) in [7, 11) is 0. The molecule has 0 aromatic heterocycles. The van der Waals surface area contributed by atoms with Crippen molar-refractivity contribution in [1.82, 2.24) is 0 Å². The SMILES string of the molecule is OC[C@H]1O[C@@H](O[C@H]2[C@H](O)[C@@H](O)C(O)O[C@@H]2CO)[C@H](F)[C@@H](O)[C@H]1O. The zero-order valence-corrected chi connectivity index (χ0v) is 11.9. The summed E-state index contributed by atoms with van der Waals surface area (Å²) in [6.45, 7) is -1.44. The van der Waals surface area contributed by atoms with Crippen molar-refractivity contribution in [1.29, 1.82) is 0 Å². The quantitative estimate of drug-likeness (QED) is 0.264. The van der Waals surface area contributed by atoms with Gasteiger partial charge in [0.15, 0.2) is 18.8 Å². The molecule has 0 saturated carbocycles. The molecule has 10 nitrogen and oxygen atoms in total. The minimum Gasteiger partial charge on any atom is -0.394 e. The molecule has 0 bridgehead atoms. The zero-order valence-electron chi connectivity index (χ0n) is 11.9. The van der Waals surface area contributed by atoms with Gasteiger partial charge < -0.3 is 50.0 Å². The number of aliphatic hydroxyl groups is 7. The third-order valence-corrected chi connectivity index (χ3v) is 3.94. The van der Waals surface area contributed by atoms with Crippen molar-refractivity contribution in [2.24, 2.45) is 0 Å². The van der Waals surface area contributed by atoms with Gasteiger partial charge in [0.25, 0.3) is 0 Å². The van der Waals surface area contributed by atoms with Crippen molar-refractivity contribution in [3.05, 3.63) is 0 Å². The molecule has 2 heterocycles. The van der Waals surface area contributed by atoms with Crippen LogP contribution in [-0.4, -0.2) is 110 Å². The average Bonchev–Trinajstić information content (AvgIpc) is 2.55. The molecule has 0 amide bonds. The van der Waals surface area contributed by atoms with Crippen LogP contribution in [0.2, 0.25) is 0 Å². The smallest absolute Gasteiger partial charge is 0.192 e. The van der Waals surface area contributed by atoms with E-state index >= 15 is 0 Å². The minimum absolute atomic E-state index is 0.718. The maximum Gasteiger partial charge on any atom is 0.192 e. The van der Waals surface area contributed by atoms with Crippen LogP contribution in [0.3, 0.4) is 0 Å². The van der Waals surface area contributed by atoms with Crippen molar-refractivity contribution in [3.63, 3.8) is 0 Å². The topological polar surface area (TPSA) is 169 Å². The molecular weight excluding hydrogens is 323 g/mol. The highest BCUT2D eigenvalue weighted by Gasteiger charge is 2.50. The Hall–Kier alpha value is -0.470. The molecule has 0 aromatic rings. The number of ether oxygens (including phenoxy) is 3. The molecule has 0 radical (unpaired) electrons. The van der Waals surface area contributed by atoms with E-state index in [1.807, 2.05) is 0 Å². The zero-order chi connectivity index (χ0) is 17.3. The number of hydrogen-bond acceptors (Lipinski definition) is 10. The molecule has 0 aliphatic carbocycles.